The van der Waals surface area contributed by atoms with E-state index in [-0.39, 0.29) is 5.91 Å². The van der Waals surface area contributed by atoms with Crippen LogP contribution >= 0.6 is 0 Å². The van der Waals surface area contributed by atoms with E-state index in [1.165, 1.54) is 32.1 Å². The van der Waals surface area contributed by atoms with Crippen molar-refractivity contribution in [1.29, 1.82) is 0 Å². The molecule has 1 rings (SSSR count). The Bertz CT molecular complexity index is 222. The third-order valence-electron chi connectivity index (χ3n) is 3.25. The first-order valence-corrected chi connectivity index (χ1v) is 6.29. The van der Waals surface area contributed by atoms with Crippen molar-refractivity contribution in [1.82, 2.24) is 10.2 Å². The molecule has 0 aromatic carbocycles. The van der Waals surface area contributed by atoms with Crippen LogP contribution in [0.25, 0.3) is 0 Å². The van der Waals surface area contributed by atoms with Gasteiger partial charge in [-0.2, -0.15) is 0 Å². The third kappa shape index (κ3) is 4.79. The Morgan fingerprint density at radius 2 is 2.12 bits per heavy atom. The SMILES string of the molecule is C=CCNCC(=O)N(C)CC1CCCCC1. The molecule has 0 spiro atoms. The molecule has 16 heavy (non-hydrogen) atoms. The summed E-state index contributed by atoms with van der Waals surface area (Å²) in [6.07, 6.45) is 8.39. The van der Waals surface area contributed by atoms with E-state index in [1.54, 1.807) is 6.08 Å². The van der Waals surface area contributed by atoms with Crippen LogP contribution < -0.4 is 5.32 Å². The molecule has 1 aliphatic rings. The van der Waals surface area contributed by atoms with Crippen molar-refractivity contribution < 1.29 is 4.79 Å². The van der Waals surface area contributed by atoms with E-state index in [2.05, 4.69) is 11.9 Å². The largest absolute Gasteiger partial charge is 0.344 e. The molecule has 1 amide bonds. The Morgan fingerprint density at radius 1 is 1.44 bits per heavy atom. The summed E-state index contributed by atoms with van der Waals surface area (Å²) in [4.78, 5) is 13.6. The molecule has 3 nitrogen and oxygen atoms in total. The van der Waals surface area contributed by atoms with Gasteiger partial charge in [0.25, 0.3) is 0 Å². The van der Waals surface area contributed by atoms with E-state index in [0.717, 1.165) is 12.5 Å². The molecule has 1 fully saturated rings. The third-order valence-corrected chi connectivity index (χ3v) is 3.25. The van der Waals surface area contributed by atoms with Gasteiger partial charge in [0.1, 0.15) is 0 Å². The molecule has 1 saturated carbocycles. The fraction of sp³-hybridized carbons (Fsp3) is 0.769. The monoisotopic (exact) mass is 224 g/mol. The number of nitrogens with zero attached hydrogens (tertiary/aromatic N) is 1. The zero-order chi connectivity index (χ0) is 11.8. The number of carbonyl (C=O) groups excluding carboxylic acids is 1. The molecule has 0 radical (unpaired) electrons. The summed E-state index contributed by atoms with van der Waals surface area (Å²) >= 11 is 0. The first-order valence-electron chi connectivity index (χ1n) is 6.29. The number of hydrogen-bond donors (Lipinski definition) is 1. The van der Waals surface area contributed by atoms with Crippen molar-refractivity contribution in [3.63, 3.8) is 0 Å². The molecule has 0 aromatic heterocycles. The highest BCUT2D eigenvalue weighted by Gasteiger charge is 2.17. The lowest BCUT2D eigenvalue weighted by molar-refractivity contribution is -0.129. The van der Waals surface area contributed by atoms with Crippen molar-refractivity contribution in [3.05, 3.63) is 12.7 Å². The van der Waals surface area contributed by atoms with Gasteiger partial charge in [0.15, 0.2) is 0 Å². The van der Waals surface area contributed by atoms with Crippen LogP contribution in [-0.4, -0.2) is 37.5 Å². The van der Waals surface area contributed by atoms with Crippen molar-refractivity contribution in [2.45, 2.75) is 32.1 Å². The van der Waals surface area contributed by atoms with E-state index in [4.69, 9.17) is 0 Å². The minimum absolute atomic E-state index is 0.187. The van der Waals surface area contributed by atoms with Gasteiger partial charge in [-0.1, -0.05) is 25.3 Å². The standard InChI is InChI=1S/C13H24N2O/c1-3-9-14-10-13(16)15(2)11-12-7-5-4-6-8-12/h3,12,14H,1,4-11H2,2H3. The van der Waals surface area contributed by atoms with Gasteiger partial charge < -0.3 is 10.2 Å². The minimum Gasteiger partial charge on any atom is -0.344 e. The zero-order valence-corrected chi connectivity index (χ0v) is 10.4. The number of likely N-dealkylation sites (N-methyl/N-ethyl adjacent to an activating group) is 1. The second kappa shape index (κ2) is 7.44. The zero-order valence-electron chi connectivity index (χ0n) is 10.4. The number of hydrogen-bond acceptors (Lipinski definition) is 2. The lowest BCUT2D eigenvalue weighted by Crippen LogP contribution is -2.38. The molecule has 0 unspecified atom stereocenters. The summed E-state index contributed by atoms with van der Waals surface area (Å²) in [6, 6.07) is 0. The molecule has 1 aliphatic carbocycles. The molecule has 0 aromatic rings. The fourth-order valence-corrected chi connectivity index (χ4v) is 2.27. The second-order valence-corrected chi connectivity index (χ2v) is 4.70. The number of amides is 1. The van der Waals surface area contributed by atoms with Gasteiger partial charge in [-0.15, -0.1) is 6.58 Å². The lowest BCUT2D eigenvalue weighted by Gasteiger charge is -2.27. The molecule has 1 N–H and O–H groups in total. The Kier molecular flexibility index (Phi) is 6.16. The van der Waals surface area contributed by atoms with Gasteiger partial charge in [-0.05, 0) is 18.8 Å². The molecule has 3 heteroatoms. The molecular weight excluding hydrogens is 200 g/mol. The van der Waals surface area contributed by atoms with Gasteiger partial charge >= 0.3 is 0 Å². The molecule has 0 bridgehead atoms. The van der Waals surface area contributed by atoms with E-state index in [9.17, 15) is 4.79 Å². The lowest BCUT2D eigenvalue weighted by atomic mass is 9.89. The van der Waals surface area contributed by atoms with Crippen molar-refractivity contribution in [2.24, 2.45) is 5.92 Å². The Labute approximate surface area is 98.9 Å². The van der Waals surface area contributed by atoms with Crippen LogP contribution in [0.2, 0.25) is 0 Å². The summed E-state index contributed by atoms with van der Waals surface area (Å²) in [7, 11) is 1.91. The first-order chi connectivity index (χ1) is 7.74. The van der Waals surface area contributed by atoms with Gasteiger partial charge in [-0.3, -0.25) is 4.79 Å². The molecule has 0 aliphatic heterocycles. The summed E-state index contributed by atoms with van der Waals surface area (Å²) in [5.41, 5.74) is 0. The quantitative estimate of drug-likeness (QED) is 0.551. The molecule has 0 atom stereocenters. The minimum atomic E-state index is 0.187. The summed E-state index contributed by atoms with van der Waals surface area (Å²) in [6.45, 7) is 5.66. The molecule has 0 saturated heterocycles. The van der Waals surface area contributed by atoms with Gasteiger partial charge in [0.05, 0.1) is 6.54 Å². The van der Waals surface area contributed by atoms with E-state index < -0.39 is 0 Å². The highest BCUT2D eigenvalue weighted by molar-refractivity contribution is 5.77. The maximum Gasteiger partial charge on any atom is 0.236 e. The maximum atomic E-state index is 11.7. The van der Waals surface area contributed by atoms with Crippen LogP contribution in [0.5, 0.6) is 0 Å². The van der Waals surface area contributed by atoms with Crippen LogP contribution in [0.4, 0.5) is 0 Å². The average Bonchev–Trinajstić information content (AvgIpc) is 2.30. The molecule has 0 heterocycles. The molecule has 92 valence electrons. The smallest absolute Gasteiger partial charge is 0.236 e. The maximum absolute atomic E-state index is 11.7. The van der Waals surface area contributed by atoms with Crippen LogP contribution in [0.15, 0.2) is 12.7 Å². The Morgan fingerprint density at radius 3 is 2.75 bits per heavy atom. The first kappa shape index (κ1) is 13.2. The van der Waals surface area contributed by atoms with Gasteiger partial charge in [-0.25, -0.2) is 0 Å². The summed E-state index contributed by atoms with van der Waals surface area (Å²) < 4.78 is 0. The van der Waals surface area contributed by atoms with Crippen LogP contribution in [0.1, 0.15) is 32.1 Å². The Hall–Kier alpha value is -0.830. The summed E-state index contributed by atoms with van der Waals surface area (Å²) in [5.74, 6) is 0.912. The van der Waals surface area contributed by atoms with Gasteiger partial charge in [0, 0.05) is 20.1 Å². The van der Waals surface area contributed by atoms with E-state index in [0.29, 0.717) is 13.1 Å². The van der Waals surface area contributed by atoms with Crippen LogP contribution in [0.3, 0.4) is 0 Å². The highest BCUT2D eigenvalue weighted by Crippen LogP contribution is 2.23. The van der Waals surface area contributed by atoms with E-state index >= 15 is 0 Å². The number of carbonyl (C=O) groups is 1. The number of nitrogens with one attached hydrogen (secondary N) is 1. The average molecular weight is 224 g/mol. The van der Waals surface area contributed by atoms with Crippen LogP contribution in [0, 0.1) is 5.92 Å². The number of rotatable bonds is 6. The van der Waals surface area contributed by atoms with Crippen molar-refractivity contribution >= 4 is 5.91 Å². The topological polar surface area (TPSA) is 32.3 Å². The predicted molar refractivity (Wildman–Crippen MR) is 67.3 cm³/mol. The normalized spacial score (nSPS) is 17.1. The highest BCUT2D eigenvalue weighted by atomic mass is 16.2. The second-order valence-electron chi connectivity index (χ2n) is 4.70. The van der Waals surface area contributed by atoms with Crippen molar-refractivity contribution in [2.75, 3.05) is 26.7 Å². The van der Waals surface area contributed by atoms with E-state index in [1.807, 2.05) is 11.9 Å². The fourth-order valence-electron chi connectivity index (χ4n) is 2.27. The predicted octanol–water partition coefficient (Wildman–Crippen LogP) is 1.80. The molecular formula is C13H24N2O. The Balaban J connectivity index is 2.19. The summed E-state index contributed by atoms with van der Waals surface area (Å²) in [5, 5.41) is 3.04. The van der Waals surface area contributed by atoms with Gasteiger partial charge in [0.2, 0.25) is 5.91 Å². The van der Waals surface area contributed by atoms with Crippen molar-refractivity contribution in [3.8, 4) is 0 Å². The van der Waals surface area contributed by atoms with Crippen LogP contribution in [-0.2, 0) is 4.79 Å².